The third-order valence-electron chi connectivity index (χ3n) is 2.33. The molecule has 0 bridgehead atoms. The molecule has 2 N–H and O–H groups in total. The van der Waals surface area contributed by atoms with E-state index in [2.05, 4.69) is 15.4 Å². The number of amides is 2. The summed E-state index contributed by atoms with van der Waals surface area (Å²) in [6, 6.07) is 3.17. The van der Waals surface area contributed by atoms with Gasteiger partial charge in [-0.15, -0.1) is 11.3 Å². The van der Waals surface area contributed by atoms with Gasteiger partial charge in [-0.05, 0) is 17.9 Å². The molecule has 0 aliphatic rings. The fourth-order valence-corrected chi connectivity index (χ4v) is 2.19. The Morgan fingerprint density at radius 2 is 2.28 bits per heavy atom. The lowest BCUT2D eigenvalue weighted by Crippen LogP contribution is -2.38. The van der Waals surface area contributed by atoms with Gasteiger partial charge in [0.1, 0.15) is 0 Å². The van der Waals surface area contributed by atoms with Crippen molar-refractivity contribution >= 4 is 23.3 Å². The molecule has 1 aromatic rings. The molecule has 6 heteroatoms. The molecule has 0 unspecified atom stereocenters. The van der Waals surface area contributed by atoms with Crippen molar-refractivity contribution in [2.45, 2.75) is 25.8 Å². The molecule has 1 heterocycles. The monoisotopic (exact) mass is 270 g/mol. The zero-order valence-electron chi connectivity index (χ0n) is 10.6. The second kappa shape index (κ2) is 7.71. The number of carbonyl (C=O) groups is 2. The number of carbonyl (C=O) groups excluding carboxylic acids is 2. The van der Waals surface area contributed by atoms with Crippen LogP contribution in [0.2, 0.25) is 0 Å². The number of rotatable bonds is 6. The largest absolute Gasteiger partial charge is 0.469 e. The molecule has 0 spiro atoms. The van der Waals surface area contributed by atoms with Crippen molar-refractivity contribution < 1.29 is 14.3 Å². The molecule has 18 heavy (non-hydrogen) atoms. The molecule has 1 aromatic heterocycles. The van der Waals surface area contributed by atoms with Crippen LogP contribution in [0, 0.1) is 0 Å². The van der Waals surface area contributed by atoms with E-state index in [0.29, 0.717) is 6.54 Å². The topological polar surface area (TPSA) is 67.4 Å². The summed E-state index contributed by atoms with van der Waals surface area (Å²) >= 11 is 1.50. The predicted molar refractivity (Wildman–Crippen MR) is 70.5 cm³/mol. The van der Waals surface area contributed by atoms with E-state index < -0.39 is 0 Å². The quantitative estimate of drug-likeness (QED) is 0.777. The van der Waals surface area contributed by atoms with E-state index in [-0.39, 0.29) is 24.5 Å². The molecule has 5 nitrogen and oxygen atoms in total. The van der Waals surface area contributed by atoms with E-state index in [9.17, 15) is 9.59 Å². The average Bonchev–Trinajstić information content (AvgIpc) is 2.89. The normalized spacial score (nSPS) is 11.7. The summed E-state index contributed by atoms with van der Waals surface area (Å²) in [7, 11) is 1.34. The minimum Gasteiger partial charge on any atom is -0.469 e. The van der Waals surface area contributed by atoms with Crippen molar-refractivity contribution in [1.29, 1.82) is 0 Å². The molecule has 0 aromatic carbocycles. The first-order valence-corrected chi connectivity index (χ1v) is 6.70. The predicted octanol–water partition coefficient (Wildman–Crippen LogP) is 2.06. The maximum Gasteiger partial charge on any atom is 0.315 e. The smallest absolute Gasteiger partial charge is 0.315 e. The number of methoxy groups -OCH3 is 1. The highest BCUT2D eigenvalue weighted by atomic mass is 32.1. The fraction of sp³-hybridized carbons (Fsp3) is 0.500. The number of esters is 1. The Morgan fingerprint density at radius 3 is 2.83 bits per heavy atom. The van der Waals surface area contributed by atoms with Crippen LogP contribution in [0.25, 0.3) is 0 Å². The van der Waals surface area contributed by atoms with E-state index in [1.54, 1.807) is 0 Å². The minimum absolute atomic E-state index is 0.135. The van der Waals surface area contributed by atoms with Gasteiger partial charge in [-0.1, -0.05) is 13.0 Å². The first-order valence-electron chi connectivity index (χ1n) is 5.82. The van der Waals surface area contributed by atoms with E-state index in [0.717, 1.165) is 11.3 Å². The standard InChI is InChI=1S/C12H18N2O3S/c1-3-6-13-12(16)14-9(8-11(15)17-2)10-5-4-7-18-10/h4-5,7,9H,3,6,8H2,1-2H3,(H2,13,14,16)/t9-/m1/s1. The maximum absolute atomic E-state index is 11.6. The molecule has 0 fully saturated rings. The zero-order chi connectivity index (χ0) is 13.4. The van der Waals surface area contributed by atoms with Crippen LogP contribution in [-0.2, 0) is 9.53 Å². The Balaban J connectivity index is 2.60. The van der Waals surface area contributed by atoms with Crippen LogP contribution in [0.15, 0.2) is 17.5 Å². The Hall–Kier alpha value is -1.56. The minimum atomic E-state index is -0.343. The van der Waals surface area contributed by atoms with E-state index in [1.807, 2.05) is 24.4 Å². The van der Waals surface area contributed by atoms with Gasteiger partial charge in [0.05, 0.1) is 19.6 Å². The van der Waals surface area contributed by atoms with E-state index in [4.69, 9.17) is 0 Å². The van der Waals surface area contributed by atoms with Crippen molar-refractivity contribution in [1.82, 2.24) is 10.6 Å². The van der Waals surface area contributed by atoms with Crippen LogP contribution in [0.4, 0.5) is 4.79 Å². The summed E-state index contributed by atoms with van der Waals surface area (Å²) in [5.41, 5.74) is 0. The second-order valence-electron chi connectivity index (χ2n) is 3.75. The van der Waals surface area contributed by atoms with Gasteiger partial charge in [0, 0.05) is 11.4 Å². The average molecular weight is 270 g/mol. The summed E-state index contributed by atoms with van der Waals surface area (Å²) in [6.45, 7) is 2.59. The lowest BCUT2D eigenvalue weighted by molar-refractivity contribution is -0.141. The number of hydrogen-bond donors (Lipinski definition) is 2. The third kappa shape index (κ3) is 4.75. The van der Waals surface area contributed by atoms with Gasteiger partial charge in [0.15, 0.2) is 0 Å². The molecule has 100 valence electrons. The van der Waals surface area contributed by atoms with Crippen LogP contribution in [0.5, 0.6) is 0 Å². The Kier molecular flexibility index (Phi) is 6.21. The molecular formula is C12H18N2O3S. The fourth-order valence-electron chi connectivity index (χ4n) is 1.41. The summed E-state index contributed by atoms with van der Waals surface area (Å²) in [6.07, 6.45) is 1.00. The maximum atomic E-state index is 11.6. The van der Waals surface area contributed by atoms with Crippen molar-refractivity contribution in [2.75, 3.05) is 13.7 Å². The number of nitrogens with one attached hydrogen (secondary N) is 2. The van der Waals surface area contributed by atoms with Gasteiger partial charge in [0.25, 0.3) is 0 Å². The molecule has 0 aliphatic carbocycles. The summed E-state index contributed by atoms with van der Waals surface area (Å²) in [5.74, 6) is -0.343. The highest BCUT2D eigenvalue weighted by molar-refractivity contribution is 7.10. The van der Waals surface area contributed by atoms with Crippen molar-refractivity contribution in [2.24, 2.45) is 0 Å². The lowest BCUT2D eigenvalue weighted by Gasteiger charge is -2.16. The van der Waals surface area contributed by atoms with Crippen LogP contribution < -0.4 is 10.6 Å². The van der Waals surface area contributed by atoms with E-state index >= 15 is 0 Å². The molecular weight excluding hydrogens is 252 g/mol. The number of ether oxygens (including phenoxy) is 1. The second-order valence-corrected chi connectivity index (χ2v) is 4.73. The van der Waals surface area contributed by atoms with Crippen molar-refractivity contribution in [3.05, 3.63) is 22.4 Å². The number of urea groups is 1. The molecule has 0 saturated carbocycles. The molecule has 2 amide bonds. The highest BCUT2D eigenvalue weighted by Gasteiger charge is 2.19. The lowest BCUT2D eigenvalue weighted by atomic mass is 10.2. The van der Waals surface area contributed by atoms with Gasteiger partial charge in [-0.25, -0.2) is 4.79 Å². The molecule has 0 saturated heterocycles. The Labute approximate surface area is 111 Å². The Bertz CT molecular complexity index is 379. The summed E-state index contributed by atoms with van der Waals surface area (Å²) in [4.78, 5) is 23.9. The van der Waals surface area contributed by atoms with Gasteiger partial charge in [-0.2, -0.15) is 0 Å². The van der Waals surface area contributed by atoms with Crippen molar-refractivity contribution in [3.8, 4) is 0 Å². The highest BCUT2D eigenvalue weighted by Crippen LogP contribution is 2.22. The number of thiophene rings is 1. The van der Waals surface area contributed by atoms with Crippen LogP contribution in [0.3, 0.4) is 0 Å². The molecule has 0 radical (unpaired) electrons. The van der Waals surface area contributed by atoms with Crippen molar-refractivity contribution in [3.63, 3.8) is 0 Å². The Morgan fingerprint density at radius 1 is 1.50 bits per heavy atom. The first kappa shape index (κ1) is 14.5. The molecule has 1 rings (SSSR count). The van der Waals surface area contributed by atoms with Gasteiger partial charge < -0.3 is 15.4 Å². The van der Waals surface area contributed by atoms with Gasteiger partial charge in [0.2, 0.25) is 0 Å². The summed E-state index contributed by atoms with van der Waals surface area (Å²) in [5, 5.41) is 7.41. The summed E-state index contributed by atoms with van der Waals surface area (Å²) < 4.78 is 4.64. The van der Waals surface area contributed by atoms with Gasteiger partial charge in [-0.3, -0.25) is 4.79 Å². The number of hydrogen-bond acceptors (Lipinski definition) is 4. The van der Waals surface area contributed by atoms with E-state index in [1.165, 1.54) is 18.4 Å². The molecule has 1 atom stereocenters. The molecule has 0 aliphatic heterocycles. The van der Waals surface area contributed by atoms with Crippen LogP contribution in [-0.4, -0.2) is 25.7 Å². The SMILES string of the molecule is CCCNC(=O)N[C@H](CC(=O)OC)c1cccs1. The van der Waals surface area contributed by atoms with Crippen LogP contribution >= 0.6 is 11.3 Å². The van der Waals surface area contributed by atoms with Gasteiger partial charge >= 0.3 is 12.0 Å². The first-order chi connectivity index (χ1) is 8.67. The zero-order valence-corrected chi connectivity index (χ0v) is 11.4. The van der Waals surface area contributed by atoms with Crippen LogP contribution in [0.1, 0.15) is 30.7 Å². The third-order valence-corrected chi connectivity index (χ3v) is 3.31.